The second-order valence-corrected chi connectivity index (χ2v) is 7.88. The zero-order valence-electron chi connectivity index (χ0n) is 14.2. The summed E-state index contributed by atoms with van der Waals surface area (Å²) in [5.74, 6) is 1.43. The molecule has 0 spiro atoms. The van der Waals surface area contributed by atoms with Gasteiger partial charge in [0.25, 0.3) is 5.56 Å². The summed E-state index contributed by atoms with van der Waals surface area (Å²) in [6.07, 6.45) is 1.48. The van der Waals surface area contributed by atoms with Crippen LogP contribution in [0.4, 0.5) is 0 Å². The maximum atomic E-state index is 12.8. The summed E-state index contributed by atoms with van der Waals surface area (Å²) in [5.41, 5.74) is 1.91. The lowest BCUT2D eigenvalue weighted by atomic mass is 10.2. The number of ether oxygens (including phenoxy) is 2. The van der Waals surface area contributed by atoms with E-state index in [2.05, 4.69) is 9.97 Å². The molecule has 0 fully saturated rings. The van der Waals surface area contributed by atoms with Gasteiger partial charge in [0.05, 0.1) is 34.5 Å². The molecule has 0 saturated heterocycles. The zero-order valence-corrected chi connectivity index (χ0v) is 16.5. The van der Waals surface area contributed by atoms with E-state index < -0.39 is 0 Å². The smallest absolute Gasteiger partial charge is 0.261 e. The van der Waals surface area contributed by atoms with E-state index in [0.29, 0.717) is 33.2 Å². The molecular formula is C19H11Cl2N3O3S. The lowest BCUT2D eigenvalue weighted by molar-refractivity contribution is 0.174. The SMILES string of the molecule is O=c1c2cc(Cl)cc(Cl)c2ncn1Cc1csc(-c2ccc3c(c2)OCO3)n1. The van der Waals surface area contributed by atoms with E-state index in [9.17, 15) is 4.79 Å². The van der Waals surface area contributed by atoms with Crippen molar-refractivity contribution in [2.45, 2.75) is 6.54 Å². The first-order valence-corrected chi connectivity index (χ1v) is 9.91. The molecule has 3 heterocycles. The Bertz CT molecular complexity index is 1290. The van der Waals surface area contributed by atoms with Gasteiger partial charge in [-0.15, -0.1) is 11.3 Å². The predicted molar refractivity (Wildman–Crippen MR) is 109 cm³/mol. The van der Waals surface area contributed by atoms with Crippen LogP contribution in [0.15, 0.2) is 46.8 Å². The van der Waals surface area contributed by atoms with E-state index in [1.807, 2.05) is 23.6 Å². The van der Waals surface area contributed by atoms with Crippen molar-refractivity contribution in [2.24, 2.45) is 0 Å². The van der Waals surface area contributed by atoms with Crippen LogP contribution in [0.1, 0.15) is 5.69 Å². The van der Waals surface area contributed by atoms with Gasteiger partial charge in [-0.25, -0.2) is 9.97 Å². The van der Waals surface area contributed by atoms with E-state index in [0.717, 1.165) is 22.0 Å². The Hall–Kier alpha value is -2.61. The van der Waals surface area contributed by atoms with Gasteiger partial charge in [0.15, 0.2) is 11.5 Å². The average Bonchev–Trinajstić information content (AvgIpc) is 3.33. The number of thiazole rings is 1. The van der Waals surface area contributed by atoms with E-state index in [1.54, 1.807) is 12.1 Å². The van der Waals surface area contributed by atoms with Crippen LogP contribution in [0.3, 0.4) is 0 Å². The van der Waals surface area contributed by atoms with Crippen molar-refractivity contribution >= 4 is 45.4 Å². The van der Waals surface area contributed by atoms with Crippen LogP contribution in [0.25, 0.3) is 21.5 Å². The second-order valence-electron chi connectivity index (χ2n) is 6.17. The molecule has 0 atom stereocenters. The Morgan fingerprint density at radius 1 is 1.14 bits per heavy atom. The highest BCUT2D eigenvalue weighted by atomic mass is 35.5. The molecule has 0 N–H and O–H groups in total. The third-order valence-electron chi connectivity index (χ3n) is 4.35. The van der Waals surface area contributed by atoms with Crippen LogP contribution in [-0.4, -0.2) is 21.3 Å². The van der Waals surface area contributed by atoms with Crippen molar-refractivity contribution < 1.29 is 9.47 Å². The summed E-state index contributed by atoms with van der Waals surface area (Å²) >= 11 is 13.7. The second kappa shape index (κ2) is 6.77. The van der Waals surface area contributed by atoms with Gasteiger partial charge in [0.1, 0.15) is 5.01 Å². The van der Waals surface area contributed by atoms with Gasteiger partial charge in [-0.2, -0.15) is 0 Å². The fraction of sp³-hybridized carbons (Fsp3) is 0.105. The molecule has 1 aliphatic rings. The number of rotatable bonds is 3. The monoisotopic (exact) mass is 431 g/mol. The normalized spacial score (nSPS) is 12.6. The summed E-state index contributed by atoms with van der Waals surface area (Å²) in [6.45, 7) is 0.529. The lowest BCUT2D eigenvalue weighted by Crippen LogP contribution is -2.21. The topological polar surface area (TPSA) is 66.2 Å². The number of nitrogens with zero attached hydrogens (tertiary/aromatic N) is 3. The zero-order chi connectivity index (χ0) is 19.3. The van der Waals surface area contributed by atoms with E-state index in [-0.39, 0.29) is 12.4 Å². The van der Waals surface area contributed by atoms with E-state index in [1.165, 1.54) is 22.2 Å². The molecule has 6 nitrogen and oxygen atoms in total. The molecule has 0 amide bonds. The minimum atomic E-state index is -0.216. The molecule has 1 aliphatic heterocycles. The molecule has 0 radical (unpaired) electrons. The molecule has 0 saturated carbocycles. The van der Waals surface area contributed by atoms with Crippen LogP contribution in [0, 0.1) is 0 Å². The van der Waals surface area contributed by atoms with E-state index >= 15 is 0 Å². The largest absolute Gasteiger partial charge is 0.454 e. The van der Waals surface area contributed by atoms with Crippen LogP contribution in [-0.2, 0) is 6.54 Å². The third-order valence-corrected chi connectivity index (χ3v) is 5.80. The summed E-state index contributed by atoms with van der Waals surface area (Å²) in [6, 6.07) is 8.85. The van der Waals surface area contributed by atoms with Crippen molar-refractivity contribution in [2.75, 3.05) is 6.79 Å². The van der Waals surface area contributed by atoms with Crippen molar-refractivity contribution in [1.82, 2.24) is 14.5 Å². The van der Waals surface area contributed by atoms with Gasteiger partial charge < -0.3 is 9.47 Å². The summed E-state index contributed by atoms with van der Waals surface area (Å²) in [5, 5.41) is 3.88. The molecular weight excluding hydrogens is 421 g/mol. The van der Waals surface area contributed by atoms with Crippen LogP contribution >= 0.6 is 34.5 Å². The lowest BCUT2D eigenvalue weighted by Gasteiger charge is -2.06. The summed E-state index contributed by atoms with van der Waals surface area (Å²) in [4.78, 5) is 21.7. The predicted octanol–water partition coefficient (Wildman–Crippen LogP) is 4.60. The van der Waals surface area contributed by atoms with Gasteiger partial charge in [0.2, 0.25) is 6.79 Å². The molecule has 9 heteroatoms. The summed E-state index contributed by atoms with van der Waals surface area (Å²) < 4.78 is 12.2. The first-order chi connectivity index (χ1) is 13.6. The first-order valence-electron chi connectivity index (χ1n) is 8.27. The molecule has 140 valence electrons. The highest BCUT2D eigenvalue weighted by molar-refractivity contribution is 7.13. The van der Waals surface area contributed by atoms with Crippen LogP contribution in [0.2, 0.25) is 10.0 Å². The van der Waals surface area contributed by atoms with Crippen molar-refractivity contribution in [3.8, 4) is 22.1 Å². The fourth-order valence-corrected chi connectivity index (χ4v) is 4.37. The number of hydrogen-bond acceptors (Lipinski definition) is 6. The third kappa shape index (κ3) is 3.01. The van der Waals surface area contributed by atoms with Gasteiger partial charge in [-0.3, -0.25) is 9.36 Å². The number of benzene rings is 2. The Labute approximate surface area is 172 Å². The van der Waals surface area contributed by atoms with Crippen molar-refractivity contribution in [3.63, 3.8) is 0 Å². The van der Waals surface area contributed by atoms with Gasteiger partial charge in [-0.1, -0.05) is 23.2 Å². The van der Waals surface area contributed by atoms with Crippen LogP contribution < -0.4 is 15.0 Å². The number of fused-ring (bicyclic) bond motifs is 2. The molecule has 0 aliphatic carbocycles. The standard InChI is InChI=1S/C19H11Cl2N3O3S/c20-11-4-13-17(14(21)5-11)22-8-24(19(13)25)6-12-7-28-18(23-12)10-1-2-15-16(3-10)27-9-26-15/h1-5,7-8H,6,9H2. The first kappa shape index (κ1) is 17.5. The minimum Gasteiger partial charge on any atom is -0.454 e. The molecule has 2 aromatic carbocycles. The Balaban J connectivity index is 1.48. The molecule has 0 bridgehead atoms. The molecule has 4 aromatic rings. The molecule has 0 unspecified atom stereocenters. The Morgan fingerprint density at radius 3 is 2.89 bits per heavy atom. The van der Waals surface area contributed by atoms with Crippen LogP contribution in [0.5, 0.6) is 11.5 Å². The molecule has 2 aromatic heterocycles. The molecule has 28 heavy (non-hydrogen) atoms. The van der Waals surface area contributed by atoms with E-state index in [4.69, 9.17) is 32.7 Å². The average molecular weight is 432 g/mol. The quantitative estimate of drug-likeness (QED) is 0.473. The number of halogens is 2. The minimum absolute atomic E-state index is 0.216. The number of aromatic nitrogens is 3. The maximum absolute atomic E-state index is 12.8. The highest BCUT2D eigenvalue weighted by Crippen LogP contribution is 2.36. The molecule has 5 rings (SSSR count). The highest BCUT2D eigenvalue weighted by Gasteiger charge is 2.16. The Morgan fingerprint density at radius 2 is 2.00 bits per heavy atom. The summed E-state index contributed by atoms with van der Waals surface area (Å²) in [7, 11) is 0. The van der Waals surface area contributed by atoms with Gasteiger partial charge >= 0.3 is 0 Å². The van der Waals surface area contributed by atoms with Crippen molar-refractivity contribution in [1.29, 1.82) is 0 Å². The number of hydrogen-bond donors (Lipinski definition) is 0. The van der Waals surface area contributed by atoms with Crippen molar-refractivity contribution in [3.05, 3.63) is 68.1 Å². The van der Waals surface area contributed by atoms with Gasteiger partial charge in [0, 0.05) is 16.0 Å². The maximum Gasteiger partial charge on any atom is 0.261 e. The van der Waals surface area contributed by atoms with Gasteiger partial charge in [-0.05, 0) is 30.3 Å². The fourth-order valence-electron chi connectivity index (χ4n) is 3.02. The Kier molecular flexibility index (Phi) is 4.23.